The Hall–Kier alpha value is 0.310. The lowest BCUT2D eigenvalue weighted by atomic mass is 9.97. The van der Waals surface area contributed by atoms with Crippen LogP contribution in [0, 0.1) is 0 Å². The average molecular weight is 188 g/mol. The van der Waals surface area contributed by atoms with Gasteiger partial charge >= 0.3 is 0 Å². The molecule has 1 aliphatic rings. The Balaban J connectivity index is 2.11. The van der Waals surface area contributed by atoms with Gasteiger partial charge < -0.3 is 5.11 Å². The van der Waals surface area contributed by atoms with Crippen molar-refractivity contribution in [1.29, 1.82) is 0 Å². The number of hydrogen-bond acceptors (Lipinski definition) is 2. The molecule has 0 radical (unpaired) electrons. The third-order valence-corrected chi connectivity index (χ3v) is 4.00. The Bertz CT molecular complexity index is 116. The predicted molar refractivity (Wildman–Crippen MR) is 55.6 cm³/mol. The maximum absolute atomic E-state index is 9.65. The van der Waals surface area contributed by atoms with E-state index in [-0.39, 0.29) is 6.10 Å². The minimum atomic E-state index is -0.0133. The molecule has 2 atom stereocenters. The van der Waals surface area contributed by atoms with Gasteiger partial charge in [-0.15, -0.1) is 0 Å². The molecule has 1 nitrogen and oxygen atoms in total. The summed E-state index contributed by atoms with van der Waals surface area (Å²) in [6.45, 7) is 2.22. The lowest BCUT2D eigenvalue weighted by molar-refractivity contribution is 0.137. The molecule has 0 spiro atoms. The van der Waals surface area contributed by atoms with Gasteiger partial charge in [0.1, 0.15) is 0 Å². The van der Waals surface area contributed by atoms with Crippen LogP contribution in [-0.2, 0) is 0 Å². The van der Waals surface area contributed by atoms with Gasteiger partial charge in [0, 0.05) is 5.25 Å². The number of rotatable bonds is 4. The molecular formula is C10H20OS. The Labute approximate surface area is 79.9 Å². The van der Waals surface area contributed by atoms with Crippen molar-refractivity contribution in [2.24, 2.45) is 0 Å². The van der Waals surface area contributed by atoms with Crippen LogP contribution in [0.1, 0.15) is 45.4 Å². The quantitative estimate of drug-likeness (QED) is 0.685. The fourth-order valence-electron chi connectivity index (χ4n) is 1.65. The van der Waals surface area contributed by atoms with E-state index in [1.807, 2.05) is 11.8 Å². The molecular weight excluding hydrogens is 168 g/mol. The molecule has 0 aromatic carbocycles. The molecule has 0 aliphatic heterocycles. The molecule has 1 unspecified atom stereocenters. The van der Waals surface area contributed by atoms with E-state index >= 15 is 0 Å². The second-order valence-electron chi connectivity index (χ2n) is 3.61. The van der Waals surface area contributed by atoms with Gasteiger partial charge in [-0.25, -0.2) is 0 Å². The molecule has 0 aromatic rings. The highest BCUT2D eigenvalue weighted by atomic mass is 32.2. The fraction of sp³-hybridized carbons (Fsp3) is 1.00. The Morgan fingerprint density at radius 1 is 1.33 bits per heavy atom. The summed E-state index contributed by atoms with van der Waals surface area (Å²) in [5.74, 6) is 1.23. The van der Waals surface area contributed by atoms with E-state index in [0.29, 0.717) is 5.25 Å². The number of hydrogen-bond donors (Lipinski definition) is 1. The topological polar surface area (TPSA) is 20.2 Å². The molecule has 72 valence electrons. The summed E-state index contributed by atoms with van der Waals surface area (Å²) in [6, 6.07) is 0. The SMILES string of the molecule is CCCCSC1CCCC[C@H]1O. The van der Waals surface area contributed by atoms with Crippen molar-refractivity contribution in [3.05, 3.63) is 0 Å². The van der Waals surface area contributed by atoms with Gasteiger partial charge in [0.2, 0.25) is 0 Å². The van der Waals surface area contributed by atoms with E-state index in [1.54, 1.807) is 0 Å². The standard InChI is InChI=1S/C10H20OS/c1-2-3-8-12-10-7-5-4-6-9(10)11/h9-11H,2-8H2,1H3/t9-,10?/m1/s1. The molecule has 0 amide bonds. The lowest BCUT2D eigenvalue weighted by Gasteiger charge is -2.26. The van der Waals surface area contributed by atoms with Crippen LogP contribution in [-0.4, -0.2) is 22.2 Å². The average Bonchev–Trinajstić information content (AvgIpc) is 2.09. The minimum Gasteiger partial charge on any atom is -0.392 e. The van der Waals surface area contributed by atoms with E-state index in [0.717, 1.165) is 6.42 Å². The maximum atomic E-state index is 9.65. The van der Waals surface area contributed by atoms with Crippen molar-refractivity contribution < 1.29 is 5.11 Å². The van der Waals surface area contributed by atoms with Crippen molar-refractivity contribution in [3.8, 4) is 0 Å². The lowest BCUT2D eigenvalue weighted by Crippen LogP contribution is -2.27. The zero-order valence-electron chi connectivity index (χ0n) is 7.96. The second kappa shape index (κ2) is 5.87. The van der Waals surface area contributed by atoms with Crippen LogP contribution in [0.4, 0.5) is 0 Å². The molecule has 1 aliphatic carbocycles. The molecule has 1 saturated carbocycles. The van der Waals surface area contributed by atoms with Crippen molar-refractivity contribution in [3.63, 3.8) is 0 Å². The smallest absolute Gasteiger partial charge is 0.0658 e. The van der Waals surface area contributed by atoms with Crippen molar-refractivity contribution in [1.82, 2.24) is 0 Å². The van der Waals surface area contributed by atoms with Crippen LogP contribution in [0.5, 0.6) is 0 Å². The van der Waals surface area contributed by atoms with Crippen LogP contribution >= 0.6 is 11.8 Å². The summed E-state index contributed by atoms with van der Waals surface area (Å²) >= 11 is 1.98. The molecule has 12 heavy (non-hydrogen) atoms. The van der Waals surface area contributed by atoms with E-state index in [2.05, 4.69) is 6.92 Å². The minimum absolute atomic E-state index is 0.0133. The van der Waals surface area contributed by atoms with Crippen molar-refractivity contribution in [2.45, 2.75) is 56.8 Å². The summed E-state index contributed by atoms with van der Waals surface area (Å²) in [6.07, 6.45) is 7.37. The first-order valence-electron chi connectivity index (χ1n) is 5.14. The number of aliphatic hydroxyl groups excluding tert-OH is 1. The third kappa shape index (κ3) is 3.36. The van der Waals surface area contributed by atoms with Gasteiger partial charge in [-0.05, 0) is 25.0 Å². The van der Waals surface area contributed by atoms with Gasteiger partial charge in [0.05, 0.1) is 6.10 Å². The summed E-state index contributed by atoms with van der Waals surface area (Å²) in [5.41, 5.74) is 0. The summed E-state index contributed by atoms with van der Waals surface area (Å²) in [7, 11) is 0. The number of unbranched alkanes of at least 4 members (excludes halogenated alkanes) is 1. The number of aliphatic hydroxyl groups is 1. The molecule has 0 aromatic heterocycles. The van der Waals surface area contributed by atoms with Crippen LogP contribution in [0.15, 0.2) is 0 Å². The molecule has 1 fully saturated rings. The predicted octanol–water partition coefficient (Wildman–Crippen LogP) is 2.82. The van der Waals surface area contributed by atoms with Crippen LogP contribution in [0.25, 0.3) is 0 Å². The zero-order valence-corrected chi connectivity index (χ0v) is 8.78. The highest BCUT2D eigenvalue weighted by molar-refractivity contribution is 7.99. The first kappa shape index (κ1) is 10.4. The molecule has 0 heterocycles. The summed E-state index contributed by atoms with van der Waals surface area (Å²) < 4.78 is 0. The molecule has 0 saturated heterocycles. The van der Waals surface area contributed by atoms with Crippen molar-refractivity contribution in [2.75, 3.05) is 5.75 Å². The van der Waals surface area contributed by atoms with Crippen LogP contribution in [0.3, 0.4) is 0 Å². The van der Waals surface area contributed by atoms with Crippen LogP contribution in [0.2, 0.25) is 0 Å². The van der Waals surface area contributed by atoms with E-state index in [9.17, 15) is 5.11 Å². The van der Waals surface area contributed by atoms with Gasteiger partial charge in [0.25, 0.3) is 0 Å². The fourth-order valence-corrected chi connectivity index (χ4v) is 3.10. The highest BCUT2D eigenvalue weighted by Gasteiger charge is 2.22. The number of thioether (sulfide) groups is 1. The first-order chi connectivity index (χ1) is 5.84. The van der Waals surface area contributed by atoms with Crippen molar-refractivity contribution >= 4 is 11.8 Å². The molecule has 2 heteroatoms. The molecule has 1 rings (SSSR count). The molecule has 1 N–H and O–H groups in total. The normalized spacial score (nSPS) is 30.5. The Morgan fingerprint density at radius 2 is 2.08 bits per heavy atom. The maximum Gasteiger partial charge on any atom is 0.0658 e. The van der Waals surface area contributed by atoms with Gasteiger partial charge in [-0.3, -0.25) is 0 Å². The zero-order chi connectivity index (χ0) is 8.81. The van der Waals surface area contributed by atoms with Gasteiger partial charge in [-0.2, -0.15) is 11.8 Å². The van der Waals surface area contributed by atoms with Gasteiger partial charge in [0.15, 0.2) is 0 Å². The molecule has 0 bridgehead atoms. The third-order valence-electron chi connectivity index (χ3n) is 2.50. The largest absolute Gasteiger partial charge is 0.392 e. The van der Waals surface area contributed by atoms with Gasteiger partial charge in [-0.1, -0.05) is 26.2 Å². The Morgan fingerprint density at radius 3 is 2.75 bits per heavy atom. The highest BCUT2D eigenvalue weighted by Crippen LogP contribution is 2.29. The van der Waals surface area contributed by atoms with Crippen LogP contribution < -0.4 is 0 Å². The summed E-state index contributed by atoms with van der Waals surface area (Å²) in [5, 5.41) is 10.2. The summed E-state index contributed by atoms with van der Waals surface area (Å²) in [4.78, 5) is 0. The second-order valence-corrected chi connectivity index (χ2v) is 4.96. The Kier molecular flexibility index (Phi) is 5.08. The van der Waals surface area contributed by atoms with E-state index < -0.39 is 0 Å². The van der Waals surface area contributed by atoms with E-state index in [4.69, 9.17) is 0 Å². The monoisotopic (exact) mass is 188 g/mol. The van der Waals surface area contributed by atoms with E-state index in [1.165, 1.54) is 37.9 Å². The first-order valence-corrected chi connectivity index (χ1v) is 6.19.